The van der Waals surface area contributed by atoms with E-state index in [9.17, 15) is 0 Å². The maximum absolute atomic E-state index is 6.00. The first kappa shape index (κ1) is 14.9. The van der Waals surface area contributed by atoms with Crippen LogP contribution >= 0.6 is 0 Å². The van der Waals surface area contributed by atoms with Gasteiger partial charge in [-0.1, -0.05) is 11.6 Å². The summed E-state index contributed by atoms with van der Waals surface area (Å²) < 4.78 is 17.0. The lowest BCUT2D eigenvalue weighted by molar-refractivity contribution is -0.118. The van der Waals surface area contributed by atoms with Crippen LogP contribution in [0.15, 0.2) is 4.52 Å². The fraction of sp³-hybridized carbons (Fsp3) is 0.867. The molecule has 1 aromatic rings. The molecule has 21 heavy (non-hydrogen) atoms. The van der Waals surface area contributed by atoms with Crippen molar-refractivity contribution in [2.24, 2.45) is 11.7 Å². The van der Waals surface area contributed by atoms with Crippen molar-refractivity contribution in [3.63, 3.8) is 0 Å². The molecule has 2 heterocycles. The van der Waals surface area contributed by atoms with Crippen molar-refractivity contribution >= 4 is 0 Å². The zero-order valence-corrected chi connectivity index (χ0v) is 12.7. The molecule has 1 aliphatic heterocycles. The Morgan fingerprint density at radius 2 is 2.14 bits per heavy atom. The molecule has 1 saturated heterocycles. The van der Waals surface area contributed by atoms with Crippen molar-refractivity contribution in [2.75, 3.05) is 26.4 Å². The summed E-state index contributed by atoms with van der Waals surface area (Å²) in [4.78, 5) is 4.69. The van der Waals surface area contributed by atoms with Gasteiger partial charge in [-0.25, -0.2) is 0 Å². The molecule has 2 unspecified atom stereocenters. The Kier molecular flexibility index (Phi) is 4.57. The minimum absolute atomic E-state index is 0.315. The van der Waals surface area contributed by atoms with E-state index in [1.54, 1.807) is 0 Å². The lowest BCUT2D eigenvalue weighted by Gasteiger charge is -2.33. The molecule has 1 aromatic heterocycles. The van der Waals surface area contributed by atoms with Gasteiger partial charge in [-0.05, 0) is 32.2 Å². The van der Waals surface area contributed by atoms with E-state index in [-0.39, 0.29) is 0 Å². The van der Waals surface area contributed by atoms with Crippen LogP contribution in [0, 0.1) is 5.92 Å². The molecule has 0 radical (unpaired) electrons. The lowest BCUT2D eigenvalue weighted by Crippen LogP contribution is -2.37. The normalized spacial score (nSPS) is 28.9. The summed E-state index contributed by atoms with van der Waals surface area (Å²) in [6.45, 7) is 4.68. The Hall–Kier alpha value is -0.980. The lowest BCUT2D eigenvalue weighted by atomic mass is 9.92. The van der Waals surface area contributed by atoms with E-state index in [2.05, 4.69) is 5.16 Å². The average molecular weight is 295 g/mol. The molecule has 2 atom stereocenters. The van der Waals surface area contributed by atoms with Crippen LogP contribution in [0.5, 0.6) is 0 Å². The van der Waals surface area contributed by atoms with Gasteiger partial charge in [0.25, 0.3) is 0 Å². The molecule has 1 saturated carbocycles. The second-order valence-electron chi connectivity index (χ2n) is 6.03. The van der Waals surface area contributed by atoms with E-state index in [1.807, 2.05) is 6.92 Å². The van der Waals surface area contributed by atoms with E-state index >= 15 is 0 Å². The maximum Gasteiger partial charge on any atom is 0.230 e. The maximum atomic E-state index is 6.00. The summed E-state index contributed by atoms with van der Waals surface area (Å²) in [5.41, 5.74) is 5.41. The summed E-state index contributed by atoms with van der Waals surface area (Å²) in [5, 5.41) is 4.24. The second kappa shape index (κ2) is 6.42. The second-order valence-corrected chi connectivity index (χ2v) is 6.03. The summed E-state index contributed by atoms with van der Waals surface area (Å²) in [6, 6.07) is 0. The van der Waals surface area contributed by atoms with E-state index in [0.29, 0.717) is 44.0 Å². The number of nitrogens with two attached hydrogens (primary N) is 1. The van der Waals surface area contributed by atoms with Gasteiger partial charge in [-0.15, -0.1) is 0 Å². The van der Waals surface area contributed by atoms with Gasteiger partial charge in [0.15, 0.2) is 0 Å². The Morgan fingerprint density at radius 1 is 1.33 bits per heavy atom. The van der Waals surface area contributed by atoms with Crippen LogP contribution in [-0.2, 0) is 15.1 Å². The molecule has 2 fully saturated rings. The van der Waals surface area contributed by atoms with Gasteiger partial charge < -0.3 is 19.7 Å². The van der Waals surface area contributed by atoms with Crippen LogP contribution in [-0.4, -0.2) is 36.5 Å². The number of aromatic nitrogens is 2. The van der Waals surface area contributed by atoms with Crippen molar-refractivity contribution in [3.05, 3.63) is 11.7 Å². The van der Waals surface area contributed by atoms with Gasteiger partial charge in [0.1, 0.15) is 5.60 Å². The van der Waals surface area contributed by atoms with Crippen molar-refractivity contribution in [1.29, 1.82) is 0 Å². The van der Waals surface area contributed by atoms with Crippen LogP contribution in [0.2, 0.25) is 0 Å². The molecule has 1 aliphatic carbocycles. The molecular weight excluding hydrogens is 270 g/mol. The smallest absolute Gasteiger partial charge is 0.230 e. The van der Waals surface area contributed by atoms with Crippen LogP contribution in [0.1, 0.15) is 56.7 Å². The summed E-state index contributed by atoms with van der Waals surface area (Å²) >= 11 is 0. The Bertz CT molecular complexity index is 451. The Balaban J connectivity index is 1.82. The topological polar surface area (TPSA) is 83.4 Å². The zero-order valence-electron chi connectivity index (χ0n) is 12.7. The minimum Gasteiger partial charge on any atom is -0.381 e. The molecular formula is C15H25N3O3. The third-order valence-electron chi connectivity index (χ3n) is 4.85. The fourth-order valence-corrected chi connectivity index (χ4v) is 3.62. The van der Waals surface area contributed by atoms with Crippen LogP contribution in [0.4, 0.5) is 0 Å². The summed E-state index contributed by atoms with van der Waals surface area (Å²) in [5.74, 6) is 2.21. The highest BCUT2D eigenvalue weighted by molar-refractivity contribution is 5.07. The summed E-state index contributed by atoms with van der Waals surface area (Å²) in [6.07, 6.45) is 5.00. The predicted molar refractivity (Wildman–Crippen MR) is 76.8 cm³/mol. The van der Waals surface area contributed by atoms with Crippen LogP contribution in [0.25, 0.3) is 0 Å². The zero-order chi connectivity index (χ0) is 14.7. The van der Waals surface area contributed by atoms with E-state index in [4.69, 9.17) is 24.7 Å². The van der Waals surface area contributed by atoms with Crippen molar-refractivity contribution in [3.8, 4) is 0 Å². The van der Waals surface area contributed by atoms with Gasteiger partial charge in [-0.2, -0.15) is 4.98 Å². The number of rotatable bonds is 5. The molecule has 118 valence electrons. The predicted octanol–water partition coefficient (Wildman–Crippen LogP) is 1.95. The van der Waals surface area contributed by atoms with Gasteiger partial charge in [0.05, 0.1) is 0 Å². The molecule has 6 heteroatoms. The third kappa shape index (κ3) is 2.84. The number of ether oxygens (including phenoxy) is 2. The first-order valence-corrected chi connectivity index (χ1v) is 8.05. The number of hydrogen-bond donors (Lipinski definition) is 1. The van der Waals surface area contributed by atoms with Gasteiger partial charge in [-0.3, -0.25) is 0 Å². The van der Waals surface area contributed by atoms with Gasteiger partial charge in [0.2, 0.25) is 11.7 Å². The van der Waals surface area contributed by atoms with Crippen molar-refractivity contribution in [2.45, 2.75) is 50.5 Å². The van der Waals surface area contributed by atoms with Crippen LogP contribution in [0.3, 0.4) is 0 Å². The van der Waals surface area contributed by atoms with Gasteiger partial charge >= 0.3 is 0 Å². The van der Waals surface area contributed by atoms with E-state index < -0.39 is 5.60 Å². The van der Waals surface area contributed by atoms with E-state index in [1.165, 1.54) is 6.42 Å². The molecule has 0 amide bonds. The van der Waals surface area contributed by atoms with Crippen LogP contribution < -0.4 is 5.73 Å². The number of nitrogens with zero attached hydrogens (tertiary/aromatic N) is 2. The Morgan fingerprint density at radius 3 is 2.86 bits per heavy atom. The SMILES string of the molecule is CCOC1(c2noc(C3CCCC3CN)n2)CCOCC1. The first-order valence-electron chi connectivity index (χ1n) is 8.05. The Labute approximate surface area is 125 Å². The van der Waals surface area contributed by atoms with Gasteiger partial charge in [0, 0.05) is 38.6 Å². The minimum atomic E-state index is -0.439. The molecule has 0 aromatic carbocycles. The monoisotopic (exact) mass is 295 g/mol. The van der Waals surface area contributed by atoms with Crippen molar-refractivity contribution in [1.82, 2.24) is 10.1 Å². The quantitative estimate of drug-likeness (QED) is 0.894. The summed E-state index contributed by atoms with van der Waals surface area (Å²) in [7, 11) is 0. The highest BCUT2D eigenvalue weighted by Gasteiger charge is 2.41. The molecule has 3 rings (SSSR count). The third-order valence-corrected chi connectivity index (χ3v) is 4.85. The average Bonchev–Trinajstić information content (AvgIpc) is 3.17. The van der Waals surface area contributed by atoms with E-state index in [0.717, 1.165) is 31.6 Å². The highest BCUT2D eigenvalue weighted by Crippen LogP contribution is 2.40. The first-order chi connectivity index (χ1) is 10.3. The molecule has 2 aliphatic rings. The highest BCUT2D eigenvalue weighted by atomic mass is 16.5. The molecule has 6 nitrogen and oxygen atoms in total. The largest absolute Gasteiger partial charge is 0.381 e. The fourth-order valence-electron chi connectivity index (χ4n) is 3.62. The number of hydrogen-bond acceptors (Lipinski definition) is 6. The van der Waals surface area contributed by atoms with Crippen molar-refractivity contribution < 1.29 is 14.0 Å². The standard InChI is InChI=1S/C15H25N3O3/c1-2-20-15(6-8-19-9-7-15)14-17-13(21-18-14)12-5-3-4-11(12)10-16/h11-12H,2-10,16H2,1H3. The molecule has 0 spiro atoms. The molecule has 0 bridgehead atoms. The molecule has 2 N–H and O–H groups in total.